The molecule has 2 heterocycles. The summed E-state index contributed by atoms with van der Waals surface area (Å²) in [7, 11) is 0. The van der Waals surface area contributed by atoms with Crippen LogP contribution in [0.5, 0.6) is 0 Å². The standard InChI is InChI=1S/C15H24N2OS2/c1-5-10-6-7-17(8-10)15-14(19-4)11(16)13(20-15)12(18)9(2)3/h9-10H,5-8,16H2,1-4H3. The van der Waals surface area contributed by atoms with Crippen LogP contribution in [0.1, 0.15) is 43.3 Å². The van der Waals surface area contributed by atoms with Crippen molar-refractivity contribution >= 4 is 39.6 Å². The first-order valence-electron chi connectivity index (χ1n) is 7.24. The number of anilines is 2. The molecule has 0 radical (unpaired) electrons. The summed E-state index contributed by atoms with van der Waals surface area (Å²) in [5.74, 6) is 0.943. The molecular weight excluding hydrogens is 288 g/mol. The number of carbonyl (C=O) groups excluding carboxylic acids is 1. The number of ketones is 1. The Balaban J connectivity index is 2.34. The van der Waals surface area contributed by atoms with Crippen molar-refractivity contribution in [3.05, 3.63) is 4.88 Å². The number of Topliss-reactive ketones (excluding diaryl/α,β-unsaturated/α-hetero) is 1. The molecule has 1 aliphatic heterocycles. The molecule has 0 spiro atoms. The van der Waals surface area contributed by atoms with Crippen molar-refractivity contribution in [2.24, 2.45) is 11.8 Å². The molecule has 0 aliphatic carbocycles. The lowest BCUT2D eigenvalue weighted by molar-refractivity contribution is 0.0944. The van der Waals surface area contributed by atoms with Crippen LogP contribution in [-0.2, 0) is 0 Å². The minimum atomic E-state index is 0.000439. The van der Waals surface area contributed by atoms with Crippen LogP contribution in [0.4, 0.5) is 10.7 Å². The summed E-state index contributed by atoms with van der Waals surface area (Å²) in [6.07, 6.45) is 4.51. The third-order valence-corrected chi connectivity index (χ3v) is 6.22. The molecule has 1 unspecified atom stereocenters. The zero-order valence-electron chi connectivity index (χ0n) is 12.7. The fourth-order valence-electron chi connectivity index (χ4n) is 2.62. The van der Waals surface area contributed by atoms with Crippen LogP contribution in [0.2, 0.25) is 0 Å². The first-order chi connectivity index (χ1) is 9.49. The number of rotatable bonds is 5. The third-order valence-electron chi connectivity index (χ3n) is 3.98. The van der Waals surface area contributed by atoms with E-state index in [1.807, 2.05) is 20.1 Å². The first kappa shape index (κ1) is 15.7. The van der Waals surface area contributed by atoms with Gasteiger partial charge in [0.05, 0.1) is 15.5 Å². The molecule has 1 fully saturated rings. The molecule has 2 N–H and O–H groups in total. The van der Waals surface area contributed by atoms with Crippen molar-refractivity contribution in [3.63, 3.8) is 0 Å². The van der Waals surface area contributed by atoms with Gasteiger partial charge < -0.3 is 10.6 Å². The summed E-state index contributed by atoms with van der Waals surface area (Å²) in [4.78, 5) is 16.5. The van der Waals surface area contributed by atoms with Crippen molar-refractivity contribution in [2.75, 3.05) is 30.0 Å². The van der Waals surface area contributed by atoms with E-state index in [2.05, 4.69) is 11.8 Å². The molecule has 1 aromatic rings. The first-order valence-corrected chi connectivity index (χ1v) is 9.29. The molecule has 0 bridgehead atoms. The highest BCUT2D eigenvalue weighted by Gasteiger charge is 2.29. The number of nitrogen functional groups attached to an aromatic ring is 1. The zero-order chi connectivity index (χ0) is 14.9. The van der Waals surface area contributed by atoms with E-state index in [0.717, 1.165) is 28.8 Å². The zero-order valence-corrected chi connectivity index (χ0v) is 14.4. The smallest absolute Gasteiger partial charge is 0.177 e. The molecule has 0 saturated carbocycles. The SMILES string of the molecule is CCC1CCN(c2sc(C(=O)C(C)C)c(N)c2SC)C1. The van der Waals surface area contributed by atoms with Crippen LogP contribution in [0.15, 0.2) is 4.90 Å². The number of carbonyl (C=O) groups is 1. The maximum Gasteiger partial charge on any atom is 0.177 e. The molecule has 1 saturated heterocycles. The largest absolute Gasteiger partial charge is 0.396 e. The Kier molecular flexibility index (Phi) is 5.02. The van der Waals surface area contributed by atoms with Crippen molar-refractivity contribution in [2.45, 2.75) is 38.5 Å². The minimum Gasteiger partial charge on any atom is -0.396 e. The van der Waals surface area contributed by atoms with E-state index in [9.17, 15) is 4.79 Å². The predicted octanol–water partition coefficient (Wildman–Crippen LogP) is 4.13. The average Bonchev–Trinajstić information content (AvgIpc) is 3.01. The summed E-state index contributed by atoms with van der Waals surface area (Å²) in [5.41, 5.74) is 6.92. The van der Waals surface area contributed by atoms with Crippen LogP contribution in [0.25, 0.3) is 0 Å². The Morgan fingerprint density at radius 3 is 2.75 bits per heavy atom. The van der Waals surface area contributed by atoms with Crippen molar-refractivity contribution in [1.29, 1.82) is 0 Å². The van der Waals surface area contributed by atoms with Gasteiger partial charge in [0.25, 0.3) is 0 Å². The minimum absolute atomic E-state index is 0.000439. The van der Waals surface area contributed by atoms with E-state index in [1.165, 1.54) is 17.8 Å². The van der Waals surface area contributed by atoms with Crippen LogP contribution in [0, 0.1) is 11.8 Å². The molecule has 1 atom stereocenters. The lowest BCUT2D eigenvalue weighted by Crippen LogP contribution is -2.18. The van der Waals surface area contributed by atoms with Crippen molar-refractivity contribution in [3.8, 4) is 0 Å². The molecular formula is C15H24N2OS2. The van der Waals surface area contributed by atoms with Gasteiger partial charge in [-0.1, -0.05) is 27.2 Å². The molecule has 112 valence electrons. The number of thioether (sulfide) groups is 1. The Bertz CT molecular complexity index is 496. The van der Waals surface area contributed by atoms with Gasteiger partial charge in [-0.05, 0) is 18.6 Å². The average molecular weight is 313 g/mol. The topological polar surface area (TPSA) is 46.3 Å². The second-order valence-electron chi connectivity index (χ2n) is 5.71. The number of nitrogens with zero attached hydrogens (tertiary/aromatic N) is 1. The van der Waals surface area contributed by atoms with Crippen LogP contribution in [0.3, 0.4) is 0 Å². The summed E-state index contributed by atoms with van der Waals surface area (Å²) in [6, 6.07) is 0. The van der Waals surface area contributed by atoms with E-state index in [1.54, 1.807) is 23.1 Å². The second kappa shape index (κ2) is 6.39. The molecule has 0 aromatic carbocycles. The fourth-order valence-corrected chi connectivity index (χ4v) is 4.92. The second-order valence-corrected chi connectivity index (χ2v) is 7.53. The van der Waals surface area contributed by atoms with Gasteiger partial charge in [-0.25, -0.2) is 0 Å². The Labute approximate surface area is 129 Å². The highest BCUT2D eigenvalue weighted by atomic mass is 32.2. The molecule has 0 amide bonds. The molecule has 2 rings (SSSR count). The maximum atomic E-state index is 12.3. The highest BCUT2D eigenvalue weighted by Crippen LogP contribution is 2.46. The molecule has 20 heavy (non-hydrogen) atoms. The molecule has 1 aliphatic rings. The van der Waals surface area contributed by atoms with Crippen LogP contribution >= 0.6 is 23.1 Å². The van der Waals surface area contributed by atoms with Gasteiger partial charge >= 0.3 is 0 Å². The quantitative estimate of drug-likeness (QED) is 0.656. The van der Waals surface area contributed by atoms with E-state index >= 15 is 0 Å². The molecule has 5 heteroatoms. The van der Waals surface area contributed by atoms with Gasteiger partial charge in [-0.2, -0.15) is 0 Å². The van der Waals surface area contributed by atoms with Gasteiger partial charge in [-0.15, -0.1) is 23.1 Å². The molecule has 1 aromatic heterocycles. The van der Waals surface area contributed by atoms with E-state index < -0.39 is 0 Å². The van der Waals surface area contributed by atoms with Gasteiger partial charge in [0.1, 0.15) is 5.00 Å². The van der Waals surface area contributed by atoms with Gasteiger partial charge in [0, 0.05) is 19.0 Å². The van der Waals surface area contributed by atoms with Crippen LogP contribution < -0.4 is 10.6 Å². The van der Waals surface area contributed by atoms with Gasteiger partial charge in [0.2, 0.25) is 0 Å². The van der Waals surface area contributed by atoms with Crippen LogP contribution in [-0.4, -0.2) is 25.1 Å². The Morgan fingerprint density at radius 2 is 2.25 bits per heavy atom. The fraction of sp³-hybridized carbons (Fsp3) is 0.667. The lowest BCUT2D eigenvalue weighted by atomic mass is 10.1. The van der Waals surface area contributed by atoms with E-state index in [-0.39, 0.29) is 11.7 Å². The van der Waals surface area contributed by atoms with E-state index in [0.29, 0.717) is 5.69 Å². The normalized spacial score (nSPS) is 19.1. The maximum absolute atomic E-state index is 12.3. The predicted molar refractivity (Wildman–Crippen MR) is 90.3 cm³/mol. The summed E-state index contributed by atoms with van der Waals surface area (Å²) < 4.78 is 0. The number of hydrogen-bond acceptors (Lipinski definition) is 5. The monoisotopic (exact) mass is 312 g/mol. The Hall–Kier alpha value is -0.680. The van der Waals surface area contributed by atoms with Crippen molar-refractivity contribution in [1.82, 2.24) is 0 Å². The number of thiophene rings is 1. The van der Waals surface area contributed by atoms with Crippen molar-refractivity contribution < 1.29 is 4.79 Å². The highest BCUT2D eigenvalue weighted by molar-refractivity contribution is 7.99. The van der Waals surface area contributed by atoms with Gasteiger partial charge in [-0.3, -0.25) is 4.79 Å². The summed E-state index contributed by atoms with van der Waals surface area (Å²) in [5, 5.41) is 1.20. The van der Waals surface area contributed by atoms with Gasteiger partial charge in [0.15, 0.2) is 5.78 Å². The van der Waals surface area contributed by atoms with E-state index in [4.69, 9.17) is 5.73 Å². The number of nitrogens with two attached hydrogens (primary N) is 1. The number of hydrogen-bond donors (Lipinski definition) is 1. The lowest BCUT2D eigenvalue weighted by Gasteiger charge is -2.17. The summed E-state index contributed by atoms with van der Waals surface area (Å²) >= 11 is 3.25. The molecule has 3 nitrogen and oxygen atoms in total. The third kappa shape index (κ3) is 2.84. The summed E-state index contributed by atoms with van der Waals surface area (Å²) in [6.45, 7) is 8.30. The Morgan fingerprint density at radius 1 is 1.55 bits per heavy atom.